The van der Waals surface area contributed by atoms with E-state index >= 15 is 0 Å². The molecule has 0 aliphatic heterocycles. The van der Waals surface area contributed by atoms with Crippen LogP contribution >= 0.6 is 23.5 Å². The lowest BCUT2D eigenvalue weighted by molar-refractivity contribution is -0.113. The van der Waals surface area contributed by atoms with Gasteiger partial charge in [0.2, 0.25) is 11.1 Å². The van der Waals surface area contributed by atoms with Gasteiger partial charge in [0, 0.05) is 17.6 Å². The maximum absolute atomic E-state index is 12.2. The Balaban J connectivity index is 1.83. The fraction of sp³-hybridized carbons (Fsp3) is 0.273. The van der Waals surface area contributed by atoms with Crippen LogP contribution in [-0.4, -0.2) is 37.6 Å². The van der Waals surface area contributed by atoms with Crippen molar-refractivity contribution in [3.63, 3.8) is 0 Å². The number of carbonyl (C=O) groups is 1. The molecular formula is C11H11F2N5OS2. The van der Waals surface area contributed by atoms with Crippen molar-refractivity contribution in [3.05, 3.63) is 24.3 Å². The lowest BCUT2D eigenvalue weighted by Crippen LogP contribution is -2.14. The predicted molar refractivity (Wildman–Crippen MR) is 76.5 cm³/mol. The first kappa shape index (κ1) is 15.7. The van der Waals surface area contributed by atoms with Crippen molar-refractivity contribution in [2.24, 2.45) is 7.05 Å². The van der Waals surface area contributed by atoms with Gasteiger partial charge < -0.3 is 5.32 Å². The number of halogens is 2. The van der Waals surface area contributed by atoms with Gasteiger partial charge in [-0.05, 0) is 34.7 Å². The predicted octanol–water partition coefficient (Wildman–Crippen LogP) is 2.26. The molecule has 1 aromatic carbocycles. The van der Waals surface area contributed by atoms with Gasteiger partial charge in [0.15, 0.2) is 0 Å². The number of thioether (sulfide) groups is 2. The van der Waals surface area contributed by atoms with E-state index in [0.29, 0.717) is 27.5 Å². The van der Waals surface area contributed by atoms with Gasteiger partial charge in [-0.1, -0.05) is 23.5 Å². The van der Waals surface area contributed by atoms with Crippen molar-refractivity contribution >= 4 is 35.1 Å². The van der Waals surface area contributed by atoms with Crippen LogP contribution in [0.4, 0.5) is 14.5 Å². The molecule has 6 nitrogen and oxygen atoms in total. The molecule has 0 fully saturated rings. The highest BCUT2D eigenvalue weighted by molar-refractivity contribution is 8.00. The van der Waals surface area contributed by atoms with Gasteiger partial charge in [-0.25, -0.2) is 4.68 Å². The molecular weight excluding hydrogens is 320 g/mol. The summed E-state index contributed by atoms with van der Waals surface area (Å²) in [6.07, 6.45) is 0. The third-order valence-corrected chi connectivity index (χ3v) is 4.01. The van der Waals surface area contributed by atoms with Crippen molar-refractivity contribution < 1.29 is 13.6 Å². The minimum atomic E-state index is -2.46. The molecule has 0 saturated carbocycles. The highest BCUT2D eigenvalue weighted by atomic mass is 32.2. The van der Waals surface area contributed by atoms with Gasteiger partial charge in [-0.3, -0.25) is 4.79 Å². The van der Waals surface area contributed by atoms with Crippen LogP contribution in [0.25, 0.3) is 0 Å². The van der Waals surface area contributed by atoms with Gasteiger partial charge in [0.1, 0.15) is 0 Å². The number of hydrogen-bond acceptors (Lipinski definition) is 6. The van der Waals surface area contributed by atoms with E-state index in [2.05, 4.69) is 20.8 Å². The number of carbonyl (C=O) groups excluding carboxylic acids is 1. The first-order chi connectivity index (χ1) is 10.0. The zero-order valence-corrected chi connectivity index (χ0v) is 12.5. The number of nitrogens with zero attached hydrogens (tertiary/aromatic N) is 4. The molecule has 10 heteroatoms. The summed E-state index contributed by atoms with van der Waals surface area (Å²) in [6, 6.07) is 6.23. The summed E-state index contributed by atoms with van der Waals surface area (Å²) in [6.45, 7) is 0. The number of rotatable bonds is 6. The van der Waals surface area contributed by atoms with Crippen molar-refractivity contribution in [3.8, 4) is 0 Å². The van der Waals surface area contributed by atoms with Crippen LogP contribution in [0.1, 0.15) is 0 Å². The molecule has 2 rings (SSSR count). The average molecular weight is 331 g/mol. The smallest absolute Gasteiger partial charge is 0.288 e. The fourth-order valence-electron chi connectivity index (χ4n) is 1.39. The zero-order chi connectivity index (χ0) is 15.2. The summed E-state index contributed by atoms with van der Waals surface area (Å²) in [5.74, 6) is -2.53. The van der Waals surface area contributed by atoms with E-state index in [-0.39, 0.29) is 11.7 Å². The lowest BCUT2D eigenvalue weighted by atomic mass is 10.3. The highest BCUT2D eigenvalue weighted by Gasteiger charge is 2.09. The zero-order valence-electron chi connectivity index (χ0n) is 10.9. The molecule has 21 heavy (non-hydrogen) atoms. The van der Waals surface area contributed by atoms with E-state index in [0.717, 1.165) is 0 Å². The quantitative estimate of drug-likeness (QED) is 0.819. The maximum Gasteiger partial charge on any atom is 0.288 e. The number of alkyl halides is 2. The van der Waals surface area contributed by atoms with Gasteiger partial charge in [0.05, 0.1) is 5.75 Å². The van der Waals surface area contributed by atoms with Crippen LogP contribution in [0, 0.1) is 0 Å². The topological polar surface area (TPSA) is 72.7 Å². The number of anilines is 1. The molecule has 0 aliphatic carbocycles. The molecule has 0 atom stereocenters. The molecule has 0 bridgehead atoms. The molecule has 1 N–H and O–H groups in total. The Hall–Kier alpha value is -1.68. The fourth-order valence-corrected chi connectivity index (χ4v) is 2.54. The first-order valence-electron chi connectivity index (χ1n) is 5.74. The summed E-state index contributed by atoms with van der Waals surface area (Å²) in [4.78, 5) is 12.2. The van der Waals surface area contributed by atoms with E-state index in [4.69, 9.17) is 0 Å². The summed E-state index contributed by atoms with van der Waals surface area (Å²) < 4.78 is 25.8. The van der Waals surface area contributed by atoms with E-state index in [1.807, 2.05) is 0 Å². The Kier molecular flexibility index (Phi) is 5.51. The normalized spacial score (nSPS) is 10.9. The number of amides is 1. The van der Waals surface area contributed by atoms with Crippen molar-refractivity contribution in [1.82, 2.24) is 20.2 Å². The summed E-state index contributed by atoms with van der Waals surface area (Å²) in [5, 5.41) is 14.1. The largest absolute Gasteiger partial charge is 0.325 e. The maximum atomic E-state index is 12.2. The summed E-state index contributed by atoms with van der Waals surface area (Å²) in [5.41, 5.74) is 0.551. The molecule has 1 aromatic heterocycles. The van der Waals surface area contributed by atoms with Gasteiger partial charge in [-0.15, -0.1) is 5.10 Å². The SMILES string of the molecule is Cn1nnnc1SCC(=O)Nc1ccc(SC(F)F)cc1. The third-order valence-electron chi connectivity index (χ3n) is 2.28. The minimum absolute atomic E-state index is 0.155. The second kappa shape index (κ2) is 7.36. The third kappa shape index (κ3) is 4.97. The van der Waals surface area contributed by atoms with Crippen LogP contribution in [0.3, 0.4) is 0 Å². The Morgan fingerprint density at radius 2 is 2.10 bits per heavy atom. The molecule has 0 unspecified atom stereocenters. The van der Waals surface area contributed by atoms with Gasteiger partial charge >= 0.3 is 0 Å². The Bertz CT molecular complexity index is 605. The minimum Gasteiger partial charge on any atom is -0.325 e. The van der Waals surface area contributed by atoms with Crippen LogP contribution in [0.2, 0.25) is 0 Å². The molecule has 0 radical (unpaired) electrons. The Morgan fingerprint density at radius 1 is 1.38 bits per heavy atom. The number of aryl methyl sites for hydroxylation is 1. The highest BCUT2D eigenvalue weighted by Crippen LogP contribution is 2.26. The second-order valence-electron chi connectivity index (χ2n) is 3.82. The standard InChI is InChI=1S/C11H11F2N5OS2/c1-18-11(15-16-17-18)20-6-9(19)14-7-2-4-8(5-3-7)21-10(12)13/h2-5,10H,6H2,1H3,(H,14,19). The van der Waals surface area contributed by atoms with Crippen LogP contribution in [-0.2, 0) is 11.8 Å². The van der Waals surface area contributed by atoms with Crippen LogP contribution < -0.4 is 5.32 Å². The molecule has 1 heterocycles. The van der Waals surface area contributed by atoms with Gasteiger partial charge in [0.25, 0.3) is 5.76 Å². The van der Waals surface area contributed by atoms with E-state index in [1.54, 1.807) is 19.2 Å². The monoisotopic (exact) mass is 331 g/mol. The molecule has 1 amide bonds. The first-order valence-corrected chi connectivity index (χ1v) is 7.61. The number of benzene rings is 1. The molecule has 112 valence electrons. The molecule has 0 spiro atoms. The number of hydrogen-bond donors (Lipinski definition) is 1. The number of tetrazole rings is 1. The molecule has 0 aliphatic rings. The Morgan fingerprint density at radius 3 is 2.67 bits per heavy atom. The van der Waals surface area contributed by atoms with Gasteiger partial charge in [-0.2, -0.15) is 8.78 Å². The average Bonchev–Trinajstić information content (AvgIpc) is 2.84. The Labute approximate surface area is 127 Å². The second-order valence-corrected chi connectivity index (χ2v) is 5.83. The van der Waals surface area contributed by atoms with Crippen molar-refractivity contribution in [1.29, 1.82) is 0 Å². The van der Waals surface area contributed by atoms with Crippen LogP contribution in [0.5, 0.6) is 0 Å². The molecule has 2 aromatic rings. The van der Waals surface area contributed by atoms with Crippen molar-refractivity contribution in [2.75, 3.05) is 11.1 Å². The van der Waals surface area contributed by atoms with Crippen LogP contribution in [0.15, 0.2) is 34.3 Å². The number of nitrogens with one attached hydrogen (secondary N) is 1. The van der Waals surface area contributed by atoms with E-state index < -0.39 is 5.76 Å². The lowest BCUT2D eigenvalue weighted by Gasteiger charge is -2.06. The number of aromatic nitrogens is 4. The van der Waals surface area contributed by atoms with Crippen molar-refractivity contribution in [2.45, 2.75) is 15.8 Å². The molecule has 0 saturated heterocycles. The van der Waals surface area contributed by atoms with E-state index in [9.17, 15) is 13.6 Å². The van der Waals surface area contributed by atoms with E-state index in [1.165, 1.54) is 28.6 Å². The summed E-state index contributed by atoms with van der Waals surface area (Å²) >= 11 is 1.67. The summed E-state index contributed by atoms with van der Waals surface area (Å²) in [7, 11) is 1.68.